The molecule has 2 aromatic carbocycles. The third-order valence-electron chi connectivity index (χ3n) is 3.03. The fraction of sp³-hybridized carbons (Fsp3) is 0.125. The number of aryl methyl sites for hydroxylation is 1. The molecule has 2 aromatic rings. The molecular formula is C16H14BrF2N3O2. The average Bonchev–Trinajstić information content (AvgIpc) is 2.53. The molecule has 0 unspecified atom stereocenters. The smallest absolute Gasteiger partial charge is 0.319 e. The topological polar surface area (TPSA) is 70.2 Å². The van der Waals surface area contributed by atoms with Crippen molar-refractivity contribution in [2.24, 2.45) is 0 Å². The first-order chi connectivity index (χ1) is 11.3. The number of amides is 3. The molecule has 0 atom stereocenters. The Labute approximate surface area is 145 Å². The fourth-order valence-corrected chi connectivity index (χ4v) is 2.08. The van der Waals surface area contributed by atoms with E-state index in [0.29, 0.717) is 5.69 Å². The first kappa shape index (κ1) is 17.9. The SMILES string of the molecule is Cc1cc(NC(=O)NCC(=O)Nc2ccc(F)c(F)c2)ccc1Br. The Kier molecular flexibility index (Phi) is 5.86. The van der Waals surface area contributed by atoms with Crippen LogP contribution < -0.4 is 16.0 Å². The Morgan fingerprint density at radius 1 is 1.00 bits per heavy atom. The molecule has 3 amide bonds. The third kappa shape index (κ3) is 5.02. The highest BCUT2D eigenvalue weighted by molar-refractivity contribution is 9.10. The van der Waals surface area contributed by atoms with Gasteiger partial charge in [0.2, 0.25) is 5.91 Å². The van der Waals surface area contributed by atoms with Gasteiger partial charge in [0.1, 0.15) is 0 Å². The van der Waals surface area contributed by atoms with Crippen LogP contribution in [0.3, 0.4) is 0 Å². The Morgan fingerprint density at radius 3 is 2.33 bits per heavy atom. The molecule has 0 aliphatic rings. The summed E-state index contributed by atoms with van der Waals surface area (Å²) >= 11 is 3.35. The van der Waals surface area contributed by atoms with Gasteiger partial charge in [-0.2, -0.15) is 0 Å². The van der Waals surface area contributed by atoms with Crippen LogP contribution in [0.4, 0.5) is 25.0 Å². The van der Waals surface area contributed by atoms with Gasteiger partial charge in [0, 0.05) is 21.9 Å². The van der Waals surface area contributed by atoms with Crippen molar-refractivity contribution in [2.45, 2.75) is 6.92 Å². The van der Waals surface area contributed by atoms with Crippen molar-refractivity contribution in [1.82, 2.24) is 5.32 Å². The predicted molar refractivity (Wildman–Crippen MR) is 90.9 cm³/mol. The van der Waals surface area contributed by atoms with Gasteiger partial charge in [0.25, 0.3) is 0 Å². The summed E-state index contributed by atoms with van der Waals surface area (Å²) in [5, 5.41) is 7.31. The molecule has 0 aromatic heterocycles. The van der Waals surface area contributed by atoms with Gasteiger partial charge in [-0.3, -0.25) is 4.79 Å². The van der Waals surface area contributed by atoms with Gasteiger partial charge in [-0.05, 0) is 42.8 Å². The van der Waals surface area contributed by atoms with E-state index in [1.807, 2.05) is 6.92 Å². The normalized spacial score (nSPS) is 10.2. The molecule has 0 heterocycles. The van der Waals surface area contributed by atoms with E-state index < -0.39 is 23.6 Å². The first-order valence-corrected chi connectivity index (χ1v) is 7.70. The molecule has 8 heteroatoms. The Morgan fingerprint density at radius 2 is 1.67 bits per heavy atom. The van der Waals surface area contributed by atoms with Crippen LogP contribution >= 0.6 is 15.9 Å². The number of urea groups is 1. The lowest BCUT2D eigenvalue weighted by Crippen LogP contribution is -2.35. The van der Waals surface area contributed by atoms with E-state index in [9.17, 15) is 18.4 Å². The van der Waals surface area contributed by atoms with E-state index in [1.54, 1.807) is 18.2 Å². The van der Waals surface area contributed by atoms with Crippen LogP contribution in [0.15, 0.2) is 40.9 Å². The molecule has 5 nitrogen and oxygen atoms in total. The Hall–Kier alpha value is -2.48. The maximum absolute atomic E-state index is 13.0. The number of hydrogen-bond donors (Lipinski definition) is 3. The number of hydrogen-bond acceptors (Lipinski definition) is 2. The molecule has 0 fully saturated rings. The number of carbonyl (C=O) groups is 2. The van der Waals surface area contributed by atoms with E-state index in [4.69, 9.17) is 0 Å². The van der Waals surface area contributed by atoms with Crippen molar-refractivity contribution in [3.63, 3.8) is 0 Å². The van der Waals surface area contributed by atoms with Crippen molar-refractivity contribution >= 4 is 39.2 Å². The summed E-state index contributed by atoms with van der Waals surface area (Å²) in [4.78, 5) is 23.4. The van der Waals surface area contributed by atoms with Crippen molar-refractivity contribution in [2.75, 3.05) is 17.2 Å². The van der Waals surface area contributed by atoms with Crippen LogP contribution in [-0.4, -0.2) is 18.5 Å². The second kappa shape index (κ2) is 7.87. The van der Waals surface area contributed by atoms with Gasteiger partial charge in [0.05, 0.1) is 6.54 Å². The zero-order valence-corrected chi connectivity index (χ0v) is 14.2. The van der Waals surface area contributed by atoms with E-state index in [0.717, 1.165) is 22.2 Å². The van der Waals surface area contributed by atoms with E-state index in [-0.39, 0.29) is 12.2 Å². The highest BCUT2D eigenvalue weighted by atomic mass is 79.9. The first-order valence-electron chi connectivity index (χ1n) is 6.91. The summed E-state index contributed by atoms with van der Waals surface area (Å²) in [5.41, 5.74) is 1.63. The lowest BCUT2D eigenvalue weighted by molar-refractivity contribution is -0.115. The van der Waals surface area contributed by atoms with E-state index in [1.165, 1.54) is 6.07 Å². The molecule has 24 heavy (non-hydrogen) atoms. The van der Waals surface area contributed by atoms with Gasteiger partial charge in [-0.15, -0.1) is 0 Å². The molecule has 0 spiro atoms. The van der Waals surface area contributed by atoms with Crippen molar-refractivity contribution in [3.8, 4) is 0 Å². The van der Waals surface area contributed by atoms with Crippen LogP contribution in [0.2, 0.25) is 0 Å². The average molecular weight is 398 g/mol. The molecule has 0 saturated carbocycles. The van der Waals surface area contributed by atoms with Gasteiger partial charge >= 0.3 is 6.03 Å². The minimum Gasteiger partial charge on any atom is -0.329 e. The third-order valence-corrected chi connectivity index (χ3v) is 3.92. The van der Waals surface area contributed by atoms with Gasteiger partial charge < -0.3 is 16.0 Å². The summed E-state index contributed by atoms with van der Waals surface area (Å²) < 4.78 is 26.7. The summed E-state index contributed by atoms with van der Waals surface area (Å²) in [6.45, 7) is 1.56. The van der Waals surface area contributed by atoms with Gasteiger partial charge in [-0.25, -0.2) is 13.6 Å². The number of anilines is 2. The highest BCUT2D eigenvalue weighted by Gasteiger charge is 2.08. The molecule has 3 N–H and O–H groups in total. The summed E-state index contributed by atoms with van der Waals surface area (Å²) in [6, 6.07) is 7.70. The quantitative estimate of drug-likeness (QED) is 0.734. The number of nitrogens with one attached hydrogen (secondary N) is 3. The Bertz CT molecular complexity index is 718. The summed E-state index contributed by atoms with van der Waals surface area (Å²) in [5.74, 6) is -2.64. The zero-order chi connectivity index (χ0) is 17.7. The van der Waals surface area contributed by atoms with Crippen molar-refractivity contribution < 1.29 is 18.4 Å². The zero-order valence-electron chi connectivity index (χ0n) is 12.6. The molecule has 0 aliphatic carbocycles. The number of halogens is 3. The number of rotatable bonds is 4. The van der Waals surface area contributed by atoms with Crippen LogP contribution in [0, 0.1) is 18.6 Å². The standard InChI is InChI=1S/C16H14BrF2N3O2/c1-9-6-10(2-4-12(9)17)22-16(24)20-8-15(23)21-11-3-5-13(18)14(19)7-11/h2-7H,8H2,1H3,(H,21,23)(H2,20,22,24). The molecule has 0 aliphatic heterocycles. The van der Waals surface area contributed by atoms with Crippen molar-refractivity contribution in [3.05, 3.63) is 58.1 Å². The van der Waals surface area contributed by atoms with Crippen LogP contribution in [0.1, 0.15) is 5.56 Å². The lowest BCUT2D eigenvalue weighted by Gasteiger charge is -2.09. The molecule has 0 saturated heterocycles. The fourth-order valence-electron chi connectivity index (χ4n) is 1.84. The minimum atomic E-state index is -1.07. The van der Waals surface area contributed by atoms with Gasteiger partial charge in [-0.1, -0.05) is 15.9 Å². The van der Waals surface area contributed by atoms with E-state index >= 15 is 0 Å². The monoisotopic (exact) mass is 397 g/mol. The maximum Gasteiger partial charge on any atom is 0.319 e. The molecule has 0 bridgehead atoms. The summed E-state index contributed by atoms with van der Waals surface area (Å²) in [7, 11) is 0. The molecule has 126 valence electrons. The maximum atomic E-state index is 13.0. The molecule has 0 radical (unpaired) electrons. The second-order valence-corrected chi connectivity index (χ2v) is 5.80. The largest absolute Gasteiger partial charge is 0.329 e. The molecular weight excluding hydrogens is 384 g/mol. The number of benzene rings is 2. The van der Waals surface area contributed by atoms with Crippen LogP contribution in [-0.2, 0) is 4.79 Å². The second-order valence-electron chi connectivity index (χ2n) is 4.95. The van der Waals surface area contributed by atoms with E-state index in [2.05, 4.69) is 31.9 Å². The van der Waals surface area contributed by atoms with Crippen molar-refractivity contribution in [1.29, 1.82) is 0 Å². The van der Waals surface area contributed by atoms with Crippen LogP contribution in [0.25, 0.3) is 0 Å². The van der Waals surface area contributed by atoms with Gasteiger partial charge in [0.15, 0.2) is 11.6 Å². The summed E-state index contributed by atoms with van der Waals surface area (Å²) in [6.07, 6.45) is 0. The lowest BCUT2D eigenvalue weighted by atomic mass is 10.2. The number of carbonyl (C=O) groups excluding carboxylic acids is 2. The predicted octanol–water partition coefficient (Wildman–Crippen LogP) is 3.80. The molecule has 2 rings (SSSR count). The Balaban J connectivity index is 1.83. The van der Waals surface area contributed by atoms with Crippen LogP contribution in [0.5, 0.6) is 0 Å². The highest BCUT2D eigenvalue weighted by Crippen LogP contribution is 2.19. The minimum absolute atomic E-state index is 0.102.